The first-order chi connectivity index (χ1) is 17.6. The van der Waals surface area contributed by atoms with Gasteiger partial charge in [-0.2, -0.15) is 8.78 Å². The number of pyridine rings is 1. The standard InChI is InChI=1S/C28H43F2IN4O2/c1-4-25(36)35(24-9-7-8-23(32-24)28(29,30)31)21-26(13-19-37-27(20-26)11-5-6-12-27)34-17-15-33(16-18-34)14-10-22(2)3/h7-9,22H,4-6,10-21H2,1-3H3/t26-/m1/s1. The second kappa shape index (κ2) is 12.1. The molecule has 2 saturated heterocycles. The summed E-state index contributed by atoms with van der Waals surface area (Å²) in [5.74, 6) is 0.930. The maximum atomic E-state index is 14.1. The van der Waals surface area contributed by atoms with Crippen molar-refractivity contribution in [1.29, 1.82) is 0 Å². The van der Waals surface area contributed by atoms with Gasteiger partial charge in [0.1, 0.15) is 11.5 Å². The fourth-order valence-electron chi connectivity index (χ4n) is 6.44. The van der Waals surface area contributed by atoms with Crippen molar-refractivity contribution in [2.75, 3.05) is 50.8 Å². The Morgan fingerprint density at radius 3 is 2.51 bits per heavy atom. The molecule has 1 spiro atoms. The Morgan fingerprint density at radius 2 is 1.89 bits per heavy atom. The molecule has 1 aliphatic carbocycles. The van der Waals surface area contributed by atoms with Gasteiger partial charge in [0.2, 0.25) is 5.91 Å². The van der Waals surface area contributed by atoms with Crippen LogP contribution in [0.25, 0.3) is 0 Å². The van der Waals surface area contributed by atoms with Crippen LogP contribution in [-0.4, -0.2) is 77.7 Å². The number of anilines is 1. The molecule has 0 bridgehead atoms. The molecule has 1 amide bonds. The van der Waals surface area contributed by atoms with E-state index in [-0.39, 0.29) is 22.7 Å². The van der Waals surface area contributed by atoms with Crippen LogP contribution in [0.5, 0.6) is 0 Å². The Balaban J connectivity index is 1.63. The number of hydrogen-bond acceptors (Lipinski definition) is 5. The zero-order valence-corrected chi connectivity index (χ0v) is 24.8. The molecule has 0 radical (unpaired) electrons. The van der Waals surface area contributed by atoms with Crippen LogP contribution >= 0.6 is 22.6 Å². The Morgan fingerprint density at radius 1 is 1.19 bits per heavy atom. The minimum Gasteiger partial charge on any atom is -0.375 e. The van der Waals surface area contributed by atoms with Crippen molar-refractivity contribution in [3.05, 3.63) is 23.9 Å². The minimum absolute atomic E-state index is 0.0802. The first kappa shape index (κ1) is 29.1. The normalized spacial score (nSPS) is 25.2. The van der Waals surface area contributed by atoms with Crippen LogP contribution in [0.2, 0.25) is 0 Å². The summed E-state index contributed by atoms with van der Waals surface area (Å²) in [4.78, 5) is 24.4. The molecule has 0 unspecified atom stereocenters. The Labute approximate surface area is 234 Å². The average molecular weight is 633 g/mol. The predicted octanol–water partition coefficient (Wildman–Crippen LogP) is 5.83. The van der Waals surface area contributed by atoms with Gasteiger partial charge in [0.25, 0.3) is 0 Å². The summed E-state index contributed by atoms with van der Waals surface area (Å²) >= 11 is 1.11. The molecule has 1 aromatic heterocycles. The number of ether oxygens (including phenoxy) is 1. The first-order valence-corrected chi connectivity index (χ1v) is 15.1. The molecular weight excluding hydrogens is 589 g/mol. The summed E-state index contributed by atoms with van der Waals surface area (Å²) in [7, 11) is 0. The van der Waals surface area contributed by atoms with Crippen LogP contribution in [0.3, 0.4) is 0 Å². The molecular formula is C28H43F2IN4O2. The van der Waals surface area contributed by atoms with Crippen molar-refractivity contribution in [3.8, 4) is 0 Å². The van der Waals surface area contributed by atoms with Gasteiger partial charge in [0.15, 0.2) is 0 Å². The van der Waals surface area contributed by atoms with Gasteiger partial charge in [0.05, 0.1) is 5.60 Å². The number of nitrogens with zero attached hydrogens (tertiary/aromatic N) is 4. The lowest BCUT2D eigenvalue weighted by Crippen LogP contribution is -2.66. The fraction of sp³-hybridized carbons (Fsp3) is 0.786. The number of rotatable bonds is 9. The van der Waals surface area contributed by atoms with Crippen molar-refractivity contribution in [2.45, 2.75) is 87.2 Å². The number of carbonyl (C=O) groups is 1. The molecule has 3 aliphatic rings. The monoisotopic (exact) mass is 632 g/mol. The zero-order chi connectivity index (χ0) is 26.7. The quantitative estimate of drug-likeness (QED) is 0.253. The van der Waals surface area contributed by atoms with Crippen LogP contribution in [-0.2, 0) is 13.5 Å². The van der Waals surface area contributed by atoms with E-state index in [0.717, 1.165) is 81.0 Å². The van der Waals surface area contributed by atoms with Gasteiger partial charge in [-0.05, 0) is 56.7 Å². The summed E-state index contributed by atoms with van der Waals surface area (Å²) in [5, 5.41) is 0. The van der Waals surface area contributed by atoms with Crippen LogP contribution < -0.4 is 4.90 Å². The van der Waals surface area contributed by atoms with Crippen molar-refractivity contribution in [1.82, 2.24) is 14.8 Å². The van der Waals surface area contributed by atoms with E-state index >= 15 is 0 Å². The Hall–Kier alpha value is -0.910. The van der Waals surface area contributed by atoms with Crippen LogP contribution in [0, 0.1) is 5.92 Å². The third-order valence-corrected chi connectivity index (χ3v) is 9.12. The highest BCUT2D eigenvalue weighted by atomic mass is 127. The van der Waals surface area contributed by atoms with E-state index in [2.05, 4.69) is 28.6 Å². The highest BCUT2D eigenvalue weighted by Gasteiger charge is 2.51. The van der Waals surface area contributed by atoms with E-state index in [4.69, 9.17) is 4.74 Å². The summed E-state index contributed by atoms with van der Waals surface area (Å²) in [6.45, 7) is 12.5. The van der Waals surface area contributed by atoms with Gasteiger partial charge >= 0.3 is 3.93 Å². The van der Waals surface area contributed by atoms with E-state index in [1.807, 2.05) is 6.92 Å². The molecule has 9 heteroatoms. The number of alkyl halides is 3. The van der Waals surface area contributed by atoms with Gasteiger partial charge < -0.3 is 9.64 Å². The molecule has 3 heterocycles. The van der Waals surface area contributed by atoms with Crippen LogP contribution in [0.4, 0.5) is 14.6 Å². The molecule has 2 aliphatic heterocycles. The van der Waals surface area contributed by atoms with E-state index < -0.39 is 3.93 Å². The predicted molar refractivity (Wildman–Crippen MR) is 151 cm³/mol. The lowest BCUT2D eigenvalue weighted by Gasteiger charge is -2.55. The number of halogens is 3. The third-order valence-electron chi connectivity index (χ3n) is 8.56. The summed E-state index contributed by atoms with van der Waals surface area (Å²) in [6, 6.07) is 4.61. The minimum atomic E-state index is -3.09. The molecule has 0 aromatic carbocycles. The molecule has 208 valence electrons. The second-order valence-corrected chi connectivity index (χ2v) is 13.0. The molecule has 1 saturated carbocycles. The molecule has 6 nitrogen and oxygen atoms in total. The van der Waals surface area contributed by atoms with Gasteiger partial charge in [-0.3, -0.25) is 14.6 Å². The number of hydrogen-bond donors (Lipinski definition) is 0. The highest BCUT2D eigenvalue weighted by molar-refractivity contribution is 14.1. The summed E-state index contributed by atoms with van der Waals surface area (Å²) in [5.41, 5.74) is -0.716. The van der Waals surface area contributed by atoms with Gasteiger partial charge in [-0.1, -0.05) is 39.7 Å². The molecule has 37 heavy (non-hydrogen) atoms. The van der Waals surface area contributed by atoms with E-state index in [9.17, 15) is 13.6 Å². The number of aromatic nitrogens is 1. The Kier molecular flexibility index (Phi) is 9.50. The second-order valence-electron chi connectivity index (χ2n) is 11.6. The van der Waals surface area contributed by atoms with Crippen molar-refractivity contribution in [2.24, 2.45) is 5.92 Å². The maximum absolute atomic E-state index is 14.1. The van der Waals surface area contributed by atoms with Crippen LogP contribution in [0.1, 0.15) is 77.8 Å². The number of piperazine rings is 1. The molecule has 1 aromatic rings. The van der Waals surface area contributed by atoms with Crippen molar-refractivity contribution >= 4 is 34.3 Å². The van der Waals surface area contributed by atoms with Crippen molar-refractivity contribution in [3.63, 3.8) is 0 Å². The van der Waals surface area contributed by atoms with Gasteiger partial charge in [-0.25, -0.2) is 4.98 Å². The third kappa shape index (κ3) is 7.00. The highest BCUT2D eigenvalue weighted by Crippen LogP contribution is 2.46. The van der Waals surface area contributed by atoms with Gasteiger partial charge in [-0.15, -0.1) is 0 Å². The largest absolute Gasteiger partial charge is 0.375 e. The smallest absolute Gasteiger partial charge is 0.338 e. The Bertz CT molecular complexity index is 914. The lowest BCUT2D eigenvalue weighted by atomic mass is 9.76. The average Bonchev–Trinajstić information content (AvgIpc) is 3.32. The van der Waals surface area contributed by atoms with E-state index in [1.54, 1.807) is 17.0 Å². The first-order valence-electron chi connectivity index (χ1n) is 14.0. The van der Waals surface area contributed by atoms with Crippen molar-refractivity contribution < 1.29 is 18.3 Å². The summed E-state index contributed by atoms with van der Waals surface area (Å²) in [6.07, 6.45) is 7.66. The molecule has 3 fully saturated rings. The SMILES string of the molecule is CCC(=O)N(C[C@@]1(N2CCN(CCC(C)C)CC2)CCOC2(CCCC2)C1)c1cccc(C(F)(F)I)n1. The zero-order valence-electron chi connectivity index (χ0n) is 22.7. The van der Waals surface area contributed by atoms with Crippen LogP contribution in [0.15, 0.2) is 18.2 Å². The maximum Gasteiger partial charge on any atom is 0.338 e. The number of carbonyl (C=O) groups excluding carboxylic acids is 1. The van der Waals surface area contributed by atoms with Gasteiger partial charge in [0, 0.05) is 73.9 Å². The molecule has 4 rings (SSSR count). The topological polar surface area (TPSA) is 48.9 Å². The molecule has 0 N–H and O–H groups in total. The molecule has 1 atom stereocenters. The van der Waals surface area contributed by atoms with E-state index in [0.29, 0.717) is 31.3 Å². The lowest BCUT2D eigenvalue weighted by molar-refractivity contribution is -0.141. The summed E-state index contributed by atoms with van der Waals surface area (Å²) < 4.78 is 31.6. The van der Waals surface area contributed by atoms with E-state index in [1.165, 1.54) is 25.3 Å². The number of amides is 1. The fourth-order valence-corrected chi connectivity index (χ4v) is 6.74.